The summed E-state index contributed by atoms with van der Waals surface area (Å²) in [5.74, 6) is -3.58. The van der Waals surface area contributed by atoms with Crippen molar-refractivity contribution in [3.8, 4) is 0 Å². The number of carbonyl (C=O) groups excluding carboxylic acids is 5. The Morgan fingerprint density at radius 1 is 1.11 bits per heavy atom. The Balaban J connectivity index is 1.69. The summed E-state index contributed by atoms with van der Waals surface area (Å²) >= 11 is 0. The van der Waals surface area contributed by atoms with Crippen molar-refractivity contribution in [2.75, 3.05) is 19.7 Å². The molecular formula is C16H18F3N3O6. The fraction of sp³-hybridized carbons (Fsp3) is 0.562. The number of alkyl halides is 3. The van der Waals surface area contributed by atoms with Crippen LogP contribution in [0.4, 0.5) is 18.0 Å². The van der Waals surface area contributed by atoms with Crippen LogP contribution in [0.25, 0.3) is 0 Å². The van der Waals surface area contributed by atoms with Gasteiger partial charge < -0.3 is 10.1 Å². The van der Waals surface area contributed by atoms with Gasteiger partial charge in [0.1, 0.15) is 6.54 Å². The Morgan fingerprint density at radius 3 is 2.21 bits per heavy atom. The summed E-state index contributed by atoms with van der Waals surface area (Å²) in [4.78, 5) is 59.5. The molecule has 2 rings (SSSR count). The van der Waals surface area contributed by atoms with E-state index >= 15 is 0 Å². The molecule has 12 heteroatoms. The number of ether oxygens (including phenoxy) is 1. The fourth-order valence-electron chi connectivity index (χ4n) is 2.90. The zero-order chi connectivity index (χ0) is 20.9. The average Bonchev–Trinajstić information content (AvgIpc) is 2.87. The second-order valence-corrected chi connectivity index (χ2v) is 6.24. The molecule has 2 N–H and O–H groups in total. The SMILES string of the molecule is O=C(COC(=O)CCN1C(=O)[C@H]2CC=CC[C@H]2C1=O)NC(=O)NCC(F)(F)F. The Labute approximate surface area is 157 Å². The van der Waals surface area contributed by atoms with Crippen molar-refractivity contribution >= 4 is 29.7 Å². The zero-order valence-electron chi connectivity index (χ0n) is 14.6. The number of hydrogen-bond donors (Lipinski definition) is 2. The van der Waals surface area contributed by atoms with E-state index < -0.39 is 49.1 Å². The van der Waals surface area contributed by atoms with E-state index in [4.69, 9.17) is 0 Å². The minimum atomic E-state index is -4.63. The van der Waals surface area contributed by atoms with Crippen LogP contribution in [0.2, 0.25) is 0 Å². The number of rotatable bonds is 6. The van der Waals surface area contributed by atoms with Gasteiger partial charge >= 0.3 is 18.2 Å². The molecule has 1 aliphatic heterocycles. The third-order valence-corrected chi connectivity index (χ3v) is 4.20. The Kier molecular flexibility index (Phi) is 6.75. The monoisotopic (exact) mass is 405 g/mol. The lowest BCUT2D eigenvalue weighted by Crippen LogP contribution is -2.44. The van der Waals surface area contributed by atoms with Crippen molar-refractivity contribution in [1.29, 1.82) is 0 Å². The largest absolute Gasteiger partial charge is 0.456 e. The Morgan fingerprint density at radius 2 is 1.68 bits per heavy atom. The maximum absolute atomic E-state index is 12.2. The molecule has 154 valence electrons. The van der Waals surface area contributed by atoms with Crippen molar-refractivity contribution in [2.45, 2.75) is 25.4 Å². The summed E-state index contributed by atoms with van der Waals surface area (Å²) in [6, 6.07) is -1.39. The van der Waals surface area contributed by atoms with Crippen LogP contribution in [0.5, 0.6) is 0 Å². The van der Waals surface area contributed by atoms with E-state index in [9.17, 15) is 37.1 Å². The van der Waals surface area contributed by atoms with Gasteiger partial charge in [0.15, 0.2) is 6.61 Å². The van der Waals surface area contributed by atoms with Crippen LogP contribution >= 0.6 is 0 Å². The first-order valence-electron chi connectivity index (χ1n) is 8.39. The summed E-state index contributed by atoms with van der Waals surface area (Å²) < 4.78 is 40.3. The van der Waals surface area contributed by atoms with Gasteiger partial charge in [-0.3, -0.25) is 29.4 Å². The van der Waals surface area contributed by atoms with Crippen LogP contribution in [0.3, 0.4) is 0 Å². The molecule has 0 aromatic rings. The number of esters is 1. The van der Waals surface area contributed by atoms with E-state index in [1.807, 2.05) is 12.2 Å². The molecule has 2 aliphatic rings. The van der Waals surface area contributed by atoms with E-state index in [-0.39, 0.29) is 24.8 Å². The lowest BCUT2D eigenvalue weighted by molar-refractivity contribution is -0.149. The minimum Gasteiger partial charge on any atom is -0.456 e. The summed E-state index contributed by atoms with van der Waals surface area (Å²) in [5, 5.41) is 2.98. The second kappa shape index (κ2) is 8.85. The Hall–Kier alpha value is -2.92. The molecule has 0 radical (unpaired) electrons. The number of hydrogen-bond acceptors (Lipinski definition) is 6. The van der Waals surface area contributed by atoms with Gasteiger partial charge in [-0.05, 0) is 12.8 Å². The molecule has 5 amide bonds. The zero-order valence-corrected chi connectivity index (χ0v) is 14.6. The van der Waals surface area contributed by atoms with Gasteiger partial charge in [0, 0.05) is 6.54 Å². The minimum absolute atomic E-state index is 0.197. The summed E-state index contributed by atoms with van der Waals surface area (Å²) in [6.45, 7) is -2.71. The normalized spacial score (nSPS) is 21.3. The molecule has 0 saturated carbocycles. The highest BCUT2D eigenvalue weighted by molar-refractivity contribution is 6.05. The molecule has 0 spiro atoms. The first kappa shape index (κ1) is 21.4. The molecule has 0 bridgehead atoms. The summed E-state index contributed by atoms with van der Waals surface area (Å²) in [7, 11) is 0. The van der Waals surface area contributed by atoms with Crippen LogP contribution < -0.4 is 10.6 Å². The van der Waals surface area contributed by atoms with Crippen molar-refractivity contribution in [3.63, 3.8) is 0 Å². The molecule has 28 heavy (non-hydrogen) atoms. The highest BCUT2D eigenvalue weighted by atomic mass is 19.4. The quantitative estimate of drug-likeness (QED) is 0.371. The molecule has 1 fully saturated rings. The number of urea groups is 1. The van der Waals surface area contributed by atoms with Crippen LogP contribution in [0, 0.1) is 11.8 Å². The van der Waals surface area contributed by atoms with Crippen molar-refractivity contribution in [3.05, 3.63) is 12.2 Å². The van der Waals surface area contributed by atoms with Gasteiger partial charge in [-0.25, -0.2) is 4.79 Å². The van der Waals surface area contributed by atoms with Gasteiger partial charge in [-0.1, -0.05) is 12.2 Å². The number of halogens is 3. The van der Waals surface area contributed by atoms with Crippen molar-refractivity contribution < 1.29 is 41.9 Å². The number of allylic oxidation sites excluding steroid dienone is 2. The summed E-state index contributed by atoms with van der Waals surface area (Å²) in [6.07, 6.45) is -0.399. The van der Waals surface area contributed by atoms with E-state index in [0.717, 1.165) is 4.90 Å². The predicted octanol–water partition coefficient (Wildman–Crippen LogP) is 0.259. The van der Waals surface area contributed by atoms with Gasteiger partial charge in [0.2, 0.25) is 11.8 Å². The smallest absolute Gasteiger partial charge is 0.405 e. The number of nitrogens with one attached hydrogen (secondary N) is 2. The van der Waals surface area contributed by atoms with Gasteiger partial charge in [-0.2, -0.15) is 13.2 Å². The number of imide groups is 2. The molecule has 0 unspecified atom stereocenters. The highest BCUT2D eigenvalue weighted by Crippen LogP contribution is 2.34. The number of fused-ring (bicyclic) bond motifs is 1. The molecule has 1 heterocycles. The Bertz CT molecular complexity index is 680. The van der Waals surface area contributed by atoms with Crippen LogP contribution in [-0.2, 0) is 23.9 Å². The topological polar surface area (TPSA) is 122 Å². The van der Waals surface area contributed by atoms with Crippen LogP contribution in [0.1, 0.15) is 19.3 Å². The lowest BCUT2D eigenvalue weighted by atomic mass is 9.85. The number of likely N-dealkylation sites (tertiary alicyclic amines) is 1. The molecule has 9 nitrogen and oxygen atoms in total. The molecule has 1 saturated heterocycles. The molecule has 0 aromatic heterocycles. The third kappa shape index (κ3) is 5.79. The maximum atomic E-state index is 12.2. The van der Waals surface area contributed by atoms with E-state index in [1.54, 1.807) is 5.32 Å². The molecule has 1 aliphatic carbocycles. The van der Waals surface area contributed by atoms with Crippen molar-refractivity contribution in [2.24, 2.45) is 11.8 Å². The first-order valence-corrected chi connectivity index (χ1v) is 8.39. The third-order valence-electron chi connectivity index (χ3n) is 4.20. The van der Waals surface area contributed by atoms with Gasteiger partial charge in [-0.15, -0.1) is 0 Å². The molecule has 0 aromatic carbocycles. The van der Waals surface area contributed by atoms with Crippen LogP contribution in [0.15, 0.2) is 12.2 Å². The maximum Gasteiger partial charge on any atom is 0.405 e. The molecule has 2 atom stereocenters. The summed E-state index contributed by atoms with van der Waals surface area (Å²) in [5.41, 5.74) is 0. The standard InChI is InChI=1S/C16H18F3N3O6/c17-16(18,19)8-20-15(27)21-11(23)7-28-12(24)5-6-22-13(25)9-3-1-2-4-10(9)14(22)26/h1-2,9-10H,3-8H2,(H2,20,21,23,27)/t9-,10+. The van der Waals surface area contributed by atoms with E-state index in [1.165, 1.54) is 5.32 Å². The van der Waals surface area contributed by atoms with Crippen LogP contribution in [-0.4, -0.2) is 60.5 Å². The molecular weight excluding hydrogens is 387 g/mol. The highest BCUT2D eigenvalue weighted by Gasteiger charge is 2.46. The predicted molar refractivity (Wildman–Crippen MR) is 85.2 cm³/mol. The van der Waals surface area contributed by atoms with Gasteiger partial charge in [0.05, 0.1) is 18.3 Å². The fourth-order valence-corrected chi connectivity index (χ4v) is 2.90. The number of nitrogens with zero attached hydrogens (tertiary/aromatic N) is 1. The first-order chi connectivity index (χ1) is 13.1. The average molecular weight is 405 g/mol. The second-order valence-electron chi connectivity index (χ2n) is 6.24. The lowest BCUT2D eigenvalue weighted by Gasteiger charge is -2.14. The number of carbonyl (C=O) groups is 5. The van der Waals surface area contributed by atoms with Crippen molar-refractivity contribution in [1.82, 2.24) is 15.5 Å². The van der Waals surface area contributed by atoms with E-state index in [2.05, 4.69) is 4.74 Å². The number of amides is 5. The van der Waals surface area contributed by atoms with E-state index in [0.29, 0.717) is 12.8 Å². The van der Waals surface area contributed by atoms with Gasteiger partial charge in [0.25, 0.3) is 5.91 Å².